The van der Waals surface area contributed by atoms with Gasteiger partial charge >= 0.3 is 6.03 Å². The maximum Gasteiger partial charge on any atom is 0.317 e. The molecule has 98 valence electrons. The lowest BCUT2D eigenvalue weighted by molar-refractivity contribution is -0.123. The SMILES string of the molecule is CC(C)(C)CNC(=O)N1CCC(C(N)=O)CC1. The Hall–Kier alpha value is -1.26. The normalized spacial score (nSPS) is 17.9. The van der Waals surface area contributed by atoms with Gasteiger partial charge in [0.2, 0.25) is 5.91 Å². The van der Waals surface area contributed by atoms with Crippen LogP contribution in [-0.4, -0.2) is 36.5 Å². The predicted molar refractivity (Wildman–Crippen MR) is 66.3 cm³/mol. The van der Waals surface area contributed by atoms with Crippen molar-refractivity contribution in [1.82, 2.24) is 10.2 Å². The summed E-state index contributed by atoms with van der Waals surface area (Å²) >= 11 is 0. The summed E-state index contributed by atoms with van der Waals surface area (Å²) < 4.78 is 0. The van der Waals surface area contributed by atoms with Crippen LogP contribution >= 0.6 is 0 Å². The molecule has 1 fully saturated rings. The topological polar surface area (TPSA) is 75.4 Å². The molecule has 1 aliphatic rings. The second kappa shape index (κ2) is 5.38. The van der Waals surface area contributed by atoms with Gasteiger partial charge in [0, 0.05) is 25.6 Å². The number of hydrogen-bond donors (Lipinski definition) is 2. The Kier molecular flexibility index (Phi) is 4.37. The predicted octanol–water partition coefficient (Wildman–Crippen LogP) is 0.939. The van der Waals surface area contributed by atoms with E-state index in [0.29, 0.717) is 32.5 Å². The van der Waals surface area contributed by atoms with Crippen molar-refractivity contribution < 1.29 is 9.59 Å². The molecule has 0 atom stereocenters. The quantitative estimate of drug-likeness (QED) is 0.755. The zero-order valence-corrected chi connectivity index (χ0v) is 11.0. The zero-order chi connectivity index (χ0) is 13.1. The van der Waals surface area contributed by atoms with Gasteiger partial charge in [0.05, 0.1) is 0 Å². The molecule has 3 N–H and O–H groups in total. The van der Waals surface area contributed by atoms with Gasteiger partial charge in [-0.1, -0.05) is 20.8 Å². The molecule has 17 heavy (non-hydrogen) atoms. The first-order valence-corrected chi connectivity index (χ1v) is 6.12. The molecule has 0 bridgehead atoms. The van der Waals surface area contributed by atoms with Gasteiger partial charge in [-0.15, -0.1) is 0 Å². The van der Waals surface area contributed by atoms with E-state index in [1.54, 1.807) is 4.90 Å². The van der Waals surface area contributed by atoms with Crippen LogP contribution < -0.4 is 11.1 Å². The number of carbonyl (C=O) groups excluding carboxylic acids is 2. The van der Waals surface area contributed by atoms with Crippen LogP contribution in [0.25, 0.3) is 0 Å². The van der Waals surface area contributed by atoms with Gasteiger partial charge in [-0.3, -0.25) is 4.79 Å². The van der Waals surface area contributed by atoms with Gasteiger partial charge in [-0.2, -0.15) is 0 Å². The van der Waals surface area contributed by atoms with Crippen molar-refractivity contribution in [2.24, 2.45) is 17.1 Å². The Balaban J connectivity index is 2.33. The minimum absolute atomic E-state index is 0.0390. The van der Waals surface area contributed by atoms with Gasteiger partial charge in [0.25, 0.3) is 0 Å². The molecule has 3 amide bonds. The minimum Gasteiger partial charge on any atom is -0.369 e. The standard InChI is InChI=1S/C12H23N3O2/c1-12(2,3)8-14-11(17)15-6-4-9(5-7-15)10(13)16/h9H,4-8H2,1-3H3,(H2,13,16)(H,14,17). The van der Waals surface area contributed by atoms with E-state index in [1.807, 2.05) is 0 Å². The molecule has 0 aromatic carbocycles. The van der Waals surface area contributed by atoms with Crippen molar-refractivity contribution >= 4 is 11.9 Å². The van der Waals surface area contributed by atoms with Crippen molar-refractivity contribution in [3.05, 3.63) is 0 Å². The Morgan fingerprint density at radius 2 is 1.82 bits per heavy atom. The summed E-state index contributed by atoms with van der Waals surface area (Å²) in [5.74, 6) is -0.318. The molecule has 1 rings (SSSR count). The fraction of sp³-hybridized carbons (Fsp3) is 0.833. The summed E-state index contributed by atoms with van der Waals surface area (Å²) in [4.78, 5) is 24.6. The van der Waals surface area contributed by atoms with Crippen LogP contribution in [0.1, 0.15) is 33.6 Å². The molecule has 1 aliphatic heterocycles. The number of rotatable bonds is 2. The largest absolute Gasteiger partial charge is 0.369 e. The molecule has 0 aromatic rings. The molecule has 0 aliphatic carbocycles. The first-order valence-electron chi connectivity index (χ1n) is 6.12. The highest BCUT2D eigenvalue weighted by Gasteiger charge is 2.26. The summed E-state index contributed by atoms with van der Waals surface area (Å²) in [5, 5.41) is 2.91. The van der Waals surface area contributed by atoms with Gasteiger partial charge < -0.3 is 16.0 Å². The molecule has 5 heteroatoms. The smallest absolute Gasteiger partial charge is 0.317 e. The number of carbonyl (C=O) groups is 2. The fourth-order valence-corrected chi connectivity index (χ4v) is 1.82. The zero-order valence-electron chi connectivity index (χ0n) is 11.0. The average molecular weight is 241 g/mol. The molecule has 0 saturated carbocycles. The molecule has 0 aromatic heterocycles. The fourth-order valence-electron chi connectivity index (χ4n) is 1.82. The number of amides is 3. The third-order valence-corrected chi connectivity index (χ3v) is 2.95. The summed E-state index contributed by atoms with van der Waals surface area (Å²) in [6.07, 6.45) is 1.36. The number of likely N-dealkylation sites (tertiary alicyclic amines) is 1. The van der Waals surface area contributed by atoms with Crippen molar-refractivity contribution in [1.29, 1.82) is 0 Å². The van der Waals surface area contributed by atoms with Crippen LogP contribution in [0.3, 0.4) is 0 Å². The van der Waals surface area contributed by atoms with E-state index < -0.39 is 0 Å². The van der Waals surface area contributed by atoms with Gasteiger partial charge in [0.1, 0.15) is 0 Å². The highest BCUT2D eigenvalue weighted by atomic mass is 16.2. The van der Waals surface area contributed by atoms with Crippen LogP contribution in [0, 0.1) is 11.3 Å². The first-order chi connectivity index (χ1) is 7.79. The van der Waals surface area contributed by atoms with Crippen LogP contribution in [0.2, 0.25) is 0 Å². The average Bonchev–Trinajstić information content (AvgIpc) is 2.25. The van der Waals surface area contributed by atoms with Crippen molar-refractivity contribution in [3.8, 4) is 0 Å². The number of urea groups is 1. The maximum absolute atomic E-state index is 11.8. The Morgan fingerprint density at radius 3 is 2.24 bits per heavy atom. The van der Waals surface area contributed by atoms with Crippen molar-refractivity contribution in [2.75, 3.05) is 19.6 Å². The number of hydrogen-bond acceptors (Lipinski definition) is 2. The molecule has 0 radical (unpaired) electrons. The van der Waals surface area contributed by atoms with Crippen LogP contribution in [-0.2, 0) is 4.79 Å². The highest BCUT2D eigenvalue weighted by molar-refractivity contribution is 5.78. The van der Waals surface area contributed by atoms with Crippen molar-refractivity contribution in [2.45, 2.75) is 33.6 Å². The molecular formula is C12H23N3O2. The number of primary amides is 1. The maximum atomic E-state index is 11.8. The van der Waals surface area contributed by atoms with Crippen molar-refractivity contribution in [3.63, 3.8) is 0 Å². The van der Waals surface area contributed by atoms with E-state index in [-0.39, 0.29) is 23.3 Å². The lowest BCUT2D eigenvalue weighted by Crippen LogP contribution is -2.47. The molecule has 0 spiro atoms. The van der Waals surface area contributed by atoms with E-state index in [1.165, 1.54) is 0 Å². The van der Waals surface area contributed by atoms with Gasteiger partial charge in [-0.05, 0) is 18.3 Å². The molecule has 1 saturated heterocycles. The highest BCUT2D eigenvalue weighted by Crippen LogP contribution is 2.17. The van der Waals surface area contributed by atoms with Gasteiger partial charge in [-0.25, -0.2) is 4.79 Å². The van der Waals surface area contributed by atoms with Crippen LogP contribution in [0.4, 0.5) is 4.79 Å². The first kappa shape index (κ1) is 13.8. The van der Waals surface area contributed by atoms with E-state index in [4.69, 9.17) is 5.73 Å². The monoisotopic (exact) mass is 241 g/mol. The van der Waals surface area contributed by atoms with Gasteiger partial charge in [0.15, 0.2) is 0 Å². The summed E-state index contributed by atoms with van der Waals surface area (Å²) in [7, 11) is 0. The van der Waals surface area contributed by atoms with E-state index in [2.05, 4.69) is 26.1 Å². The molecule has 0 unspecified atom stereocenters. The van der Waals surface area contributed by atoms with E-state index in [0.717, 1.165) is 0 Å². The number of nitrogens with one attached hydrogen (secondary N) is 1. The van der Waals surface area contributed by atoms with E-state index >= 15 is 0 Å². The molecule has 1 heterocycles. The second-order valence-electron chi connectivity index (χ2n) is 5.88. The third-order valence-electron chi connectivity index (χ3n) is 2.95. The second-order valence-corrected chi connectivity index (χ2v) is 5.88. The minimum atomic E-state index is -0.250. The summed E-state index contributed by atoms with van der Waals surface area (Å²) in [5.41, 5.74) is 5.33. The molecule has 5 nitrogen and oxygen atoms in total. The lowest BCUT2D eigenvalue weighted by Gasteiger charge is -2.31. The number of nitrogens with zero attached hydrogens (tertiary/aromatic N) is 1. The Labute approximate surface area is 103 Å². The lowest BCUT2D eigenvalue weighted by atomic mass is 9.96. The van der Waals surface area contributed by atoms with Crippen LogP contribution in [0.5, 0.6) is 0 Å². The Morgan fingerprint density at radius 1 is 1.29 bits per heavy atom. The Bertz CT molecular complexity index is 289. The molecular weight excluding hydrogens is 218 g/mol. The summed E-state index contributed by atoms with van der Waals surface area (Å²) in [6, 6.07) is -0.0390. The number of piperidine rings is 1. The van der Waals surface area contributed by atoms with E-state index in [9.17, 15) is 9.59 Å². The third kappa shape index (κ3) is 4.63. The number of nitrogens with two attached hydrogens (primary N) is 1. The van der Waals surface area contributed by atoms with Crippen LogP contribution in [0.15, 0.2) is 0 Å². The summed E-state index contributed by atoms with van der Waals surface area (Å²) in [6.45, 7) is 8.11.